The van der Waals surface area contributed by atoms with E-state index in [0.717, 1.165) is 19.2 Å². The number of Topliss-reactive ketones (excluding diaryl/α,β-unsaturated/α-hetero) is 2. The number of allylic oxidation sites excluding steroid dienone is 2. The van der Waals surface area contributed by atoms with Gasteiger partial charge in [-0.15, -0.1) is 0 Å². The summed E-state index contributed by atoms with van der Waals surface area (Å²) in [5, 5.41) is 0. The van der Waals surface area contributed by atoms with Gasteiger partial charge in [0.1, 0.15) is 18.0 Å². The molecule has 3 heterocycles. The van der Waals surface area contributed by atoms with Gasteiger partial charge in [0, 0.05) is 38.4 Å². The van der Waals surface area contributed by atoms with Gasteiger partial charge in [0.05, 0.1) is 11.2 Å². The van der Waals surface area contributed by atoms with Gasteiger partial charge in [-0.1, -0.05) is 48.6 Å². The van der Waals surface area contributed by atoms with Gasteiger partial charge < -0.3 is 18.9 Å². The molecule has 4 rings (SSSR count). The minimum Gasteiger partial charge on any atom is -0.454 e. The van der Waals surface area contributed by atoms with Gasteiger partial charge in [0.15, 0.2) is 11.9 Å². The molecule has 0 aliphatic carbocycles. The van der Waals surface area contributed by atoms with Crippen LogP contribution in [0.15, 0.2) is 54.1 Å². The average molecular weight is 565 g/mol. The highest BCUT2D eigenvalue weighted by atomic mass is 19.4. The molecule has 0 aromatic heterocycles. The van der Waals surface area contributed by atoms with E-state index in [4.69, 9.17) is 18.9 Å². The van der Waals surface area contributed by atoms with Crippen molar-refractivity contribution in [2.24, 2.45) is 5.92 Å². The molecule has 0 N–H and O–H groups in total. The second-order valence-electron chi connectivity index (χ2n) is 10.8. The number of hydrogen-bond acceptors (Lipinski definition) is 8. The molecule has 11 heteroatoms. The molecular formula is C29H31F3O8. The topological polar surface area (TPSA) is 105 Å². The highest BCUT2D eigenvalue weighted by Crippen LogP contribution is 2.45. The maximum atomic E-state index is 14.5. The number of ether oxygens (including phenoxy) is 4. The maximum absolute atomic E-state index is 14.5. The number of rotatable bonds is 5. The summed E-state index contributed by atoms with van der Waals surface area (Å²) < 4.78 is 65.4. The summed E-state index contributed by atoms with van der Waals surface area (Å²) in [5.74, 6) is -3.64. The molecule has 0 unspecified atom stereocenters. The predicted molar refractivity (Wildman–Crippen MR) is 134 cm³/mol. The quantitative estimate of drug-likeness (QED) is 0.385. The van der Waals surface area contributed by atoms with Crippen molar-refractivity contribution in [3.8, 4) is 0 Å². The van der Waals surface area contributed by atoms with Gasteiger partial charge in [-0.25, -0.2) is 9.59 Å². The Bertz CT molecular complexity index is 1240. The molecule has 40 heavy (non-hydrogen) atoms. The SMILES string of the molecule is C=C(C)[C@@H]1C/C=C2/C(=O)O[C@@H](C[C@]3(C)CC(=O)[C@@H](CC(=O)C1)O3)[C@@H]2OC(=O)[C@@](OC)(c1ccccc1)C(F)(F)F. The fourth-order valence-corrected chi connectivity index (χ4v) is 5.58. The third-order valence-electron chi connectivity index (χ3n) is 7.72. The first-order chi connectivity index (χ1) is 18.7. The van der Waals surface area contributed by atoms with Crippen LogP contribution in [0.25, 0.3) is 0 Å². The smallest absolute Gasteiger partial charge is 0.432 e. The summed E-state index contributed by atoms with van der Waals surface area (Å²) in [4.78, 5) is 51.9. The van der Waals surface area contributed by atoms with Crippen LogP contribution in [0.3, 0.4) is 0 Å². The van der Waals surface area contributed by atoms with E-state index in [9.17, 15) is 32.3 Å². The minimum atomic E-state index is -5.23. The lowest BCUT2D eigenvalue weighted by Gasteiger charge is -2.34. The number of fused-ring (bicyclic) bond motifs is 4. The zero-order valence-electron chi connectivity index (χ0n) is 22.4. The van der Waals surface area contributed by atoms with Crippen LogP contribution in [0.5, 0.6) is 0 Å². The van der Waals surface area contributed by atoms with Crippen LogP contribution in [0.1, 0.15) is 51.5 Å². The lowest BCUT2D eigenvalue weighted by molar-refractivity contribution is -0.278. The summed E-state index contributed by atoms with van der Waals surface area (Å²) in [6, 6.07) is 6.31. The molecule has 8 nitrogen and oxygen atoms in total. The third kappa shape index (κ3) is 5.49. The standard InChI is InChI=1S/C29H31F3O8/c1-16(2)17-10-11-20-24(39-26(36)28(37-4,29(30,31)32)18-8-6-5-7-9-18)23(38-25(20)35)15-27(3)14-21(34)22(40-27)13-19(33)12-17/h5-9,11,17,22-24H,1,10,12-15H2,2-4H3/b20-11+/t17-,22-,23+,24-,27+,28+/m1/s1. The zero-order valence-corrected chi connectivity index (χ0v) is 22.4. The Morgan fingerprint density at radius 3 is 2.40 bits per heavy atom. The summed E-state index contributed by atoms with van der Waals surface area (Å²) in [7, 11) is 0.745. The molecule has 0 spiro atoms. The number of carbonyl (C=O) groups is 4. The molecule has 1 aromatic rings. The van der Waals surface area contributed by atoms with Crippen LogP contribution in [-0.4, -0.2) is 60.7 Å². The summed E-state index contributed by atoms with van der Waals surface area (Å²) in [6.07, 6.45) is -7.90. The molecule has 4 bridgehead atoms. The van der Waals surface area contributed by atoms with Crippen molar-refractivity contribution in [2.75, 3.05) is 7.11 Å². The molecule has 6 atom stereocenters. The Morgan fingerprint density at radius 1 is 1.12 bits per heavy atom. The van der Waals surface area contributed by atoms with Crippen LogP contribution in [-0.2, 0) is 43.7 Å². The maximum Gasteiger partial charge on any atom is 0.432 e. The first-order valence-corrected chi connectivity index (χ1v) is 12.9. The van der Waals surface area contributed by atoms with Crippen molar-refractivity contribution < 1.29 is 51.3 Å². The fraction of sp³-hybridized carbons (Fsp3) is 0.517. The number of benzene rings is 1. The molecule has 0 amide bonds. The predicted octanol–water partition coefficient (Wildman–Crippen LogP) is 4.31. The van der Waals surface area contributed by atoms with Crippen LogP contribution < -0.4 is 0 Å². The first kappa shape index (κ1) is 29.7. The number of ketones is 2. The number of carbonyl (C=O) groups excluding carboxylic acids is 4. The molecule has 216 valence electrons. The van der Waals surface area contributed by atoms with Gasteiger partial charge in [0.25, 0.3) is 5.60 Å². The molecular weight excluding hydrogens is 533 g/mol. The van der Waals surface area contributed by atoms with Gasteiger partial charge in [0.2, 0.25) is 0 Å². The van der Waals surface area contributed by atoms with E-state index in [1.165, 1.54) is 24.3 Å². The normalized spacial score (nSPS) is 32.0. The Labute approximate surface area is 229 Å². The molecule has 3 aliphatic heterocycles. The summed E-state index contributed by atoms with van der Waals surface area (Å²) in [5.41, 5.74) is -4.74. The molecule has 3 aliphatic rings. The van der Waals surface area contributed by atoms with E-state index in [0.29, 0.717) is 5.57 Å². The van der Waals surface area contributed by atoms with Gasteiger partial charge in [-0.3, -0.25) is 9.59 Å². The fourth-order valence-electron chi connectivity index (χ4n) is 5.58. The van der Waals surface area contributed by atoms with Crippen LogP contribution >= 0.6 is 0 Å². The minimum absolute atomic E-state index is 0.0146. The van der Waals surface area contributed by atoms with E-state index >= 15 is 0 Å². The van der Waals surface area contributed by atoms with Crippen molar-refractivity contribution in [1.29, 1.82) is 0 Å². The van der Waals surface area contributed by atoms with Crippen LogP contribution in [0.2, 0.25) is 0 Å². The van der Waals surface area contributed by atoms with E-state index < -0.39 is 59.1 Å². The largest absolute Gasteiger partial charge is 0.454 e. The van der Waals surface area contributed by atoms with Crippen molar-refractivity contribution in [2.45, 2.75) is 81.6 Å². The second kappa shape index (κ2) is 10.9. The molecule has 1 aromatic carbocycles. The molecule has 0 saturated carbocycles. The first-order valence-electron chi connectivity index (χ1n) is 12.9. The summed E-state index contributed by atoms with van der Waals surface area (Å²) in [6.45, 7) is 7.19. The lowest BCUT2D eigenvalue weighted by Crippen LogP contribution is -2.53. The Kier molecular flexibility index (Phi) is 8.11. The zero-order chi connectivity index (χ0) is 29.5. The van der Waals surface area contributed by atoms with Crippen molar-refractivity contribution in [3.05, 3.63) is 59.7 Å². The third-order valence-corrected chi connectivity index (χ3v) is 7.72. The molecule has 2 saturated heterocycles. The van der Waals surface area contributed by atoms with Gasteiger partial charge >= 0.3 is 18.1 Å². The number of halogens is 3. The van der Waals surface area contributed by atoms with Crippen LogP contribution in [0.4, 0.5) is 13.2 Å². The highest BCUT2D eigenvalue weighted by molar-refractivity contribution is 5.94. The van der Waals surface area contributed by atoms with E-state index in [1.807, 2.05) is 0 Å². The highest BCUT2D eigenvalue weighted by Gasteiger charge is 2.65. The van der Waals surface area contributed by atoms with Crippen molar-refractivity contribution in [1.82, 2.24) is 0 Å². The monoisotopic (exact) mass is 564 g/mol. The molecule has 2 fully saturated rings. The molecule has 0 radical (unpaired) electrons. The van der Waals surface area contributed by atoms with Gasteiger partial charge in [-0.2, -0.15) is 13.2 Å². The second-order valence-corrected chi connectivity index (χ2v) is 10.8. The van der Waals surface area contributed by atoms with Crippen molar-refractivity contribution in [3.63, 3.8) is 0 Å². The van der Waals surface area contributed by atoms with E-state index in [1.54, 1.807) is 13.8 Å². The Balaban J connectivity index is 1.77. The number of methoxy groups -OCH3 is 1. The van der Waals surface area contributed by atoms with Gasteiger partial charge in [-0.05, 0) is 26.2 Å². The average Bonchev–Trinajstić information content (AvgIpc) is 3.30. The van der Waals surface area contributed by atoms with E-state index in [-0.39, 0.29) is 49.2 Å². The Hall–Kier alpha value is -3.31. The number of hydrogen-bond donors (Lipinski definition) is 0. The number of esters is 2. The number of alkyl halides is 3. The van der Waals surface area contributed by atoms with E-state index in [2.05, 4.69) is 6.58 Å². The Morgan fingerprint density at radius 2 is 1.80 bits per heavy atom. The summed E-state index contributed by atoms with van der Waals surface area (Å²) >= 11 is 0. The van der Waals surface area contributed by atoms with Crippen molar-refractivity contribution >= 4 is 23.5 Å². The van der Waals surface area contributed by atoms with Crippen LogP contribution in [0, 0.1) is 5.92 Å². The lowest BCUT2D eigenvalue weighted by atomic mass is 9.87.